The first-order valence-corrected chi connectivity index (χ1v) is 7.57. The molecule has 0 saturated carbocycles. The Morgan fingerprint density at radius 1 is 1.35 bits per heavy atom. The first kappa shape index (κ1) is 13.5. The Hall–Kier alpha value is -1.51. The highest BCUT2D eigenvalue weighted by molar-refractivity contribution is 7.89. The minimum absolute atomic E-state index is 0.0605. The van der Waals surface area contributed by atoms with Crippen LogP contribution in [0.2, 0.25) is 0 Å². The van der Waals surface area contributed by atoms with E-state index in [1.165, 1.54) is 22.5 Å². The Morgan fingerprint density at radius 3 is 2.90 bits per heavy atom. The van der Waals surface area contributed by atoms with Gasteiger partial charge in [-0.1, -0.05) is 6.07 Å². The molecule has 0 spiro atoms. The first-order chi connectivity index (χ1) is 9.46. The summed E-state index contributed by atoms with van der Waals surface area (Å²) in [5.74, 6) is -0.858. The van der Waals surface area contributed by atoms with Crippen molar-refractivity contribution < 1.29 is 22.3 Å². The van der Waals surface area contributed by atoms with Crippen LogP contribution in [0.5, 0.6) is 0 Å². The van der Waals surface area contributed by atoms with Gasteiger partial charge >= 0.3 is 0 Å². The van der Waals surface area contributed by atoms with Crippen LogP contribution in [0, 0.1) is 5.82 Å². The molecule has 0 bridgehead atoms. The van der Waals surface area contributed by atoms with Crippen molar-refractivity contribution in [2.24, 2.45) is 0 Å². The molecular formula is C12H13FN2O4S. The molecule has 1 amide bonds. The van der Waals surface area contributed by atoms with Crippen molar-refractivity contribution >= 4 is 15.9 Å². The predicted molar refractivity (Wildman–Crippen MR) is 66.8 cm³/mol. The van der Waals surface area contributed by atoms with Gasteiger partial charge in [0, 0.05) is 13.1 Å². The SMILES string of the molecule is O=C1CO[C@H]2CN(S(=O)(=O)c3cccc(F)c3)C[C@H]2N1. The fourth-order valence-corrected chi connectivity index (χ4v) is 3.96. The molecule has 0 unspecified atom stereocenters. The van der Waals surface area contributed by atoms with E-state index in [9.17, 15) is 17.6 Å². The van der Waals surface area contributed by atoms with Crippen molar-refractivity contribution in [1.82, 2.24) is 9.62 Å². The summed E-state index contributed by atoms with van der Waals surface area (Å²) < 4.78 is 44.5. The number of carbonyl (C=O) groups excluding carboxylic acids is 1. The lowest BCUT2D eigenvalue weighted by Gasteiger charge is -2.24. The van der Waals surface area contributed by atoms with Crippen LogP contribution < -0.4 is 5.32 Å². The molecule has 2 aliphatic rings. The van der Waals surface area contributed by atoms with Gasteiger partial charge in [-0.15, -0.1) is 0 Å². The highest BCUT2D eigenvalue weighted by atomic mass is 32.2. The topological polar surface area (TPSA) is 75.7 Å². The zero-order chi connectivity index (χ0) is 14.3. The number of ether oxygens (including phenoxy) is 1. The van der Waals surface area contributed by atoms with Crippen molar-refractivity contribution in [3.8, 4) is 0 Å². The van der Waals surface area contributed by atoms with E-state index in [0.29, 0.717) is 0 Å². The quantitative estimate of drug-likeness (QED) is 0.814. The number of rotatable bonds is 2. The third-order valence-corrected chi connectivity index (χ3v) is 5.27. The van der Waals surface area contributed by atoms with Crippen LogP contribution >= 0.6 is 0 Å². The van der Waals surface area contributed by atoms with Gasteiger partial charge in [0.05, 0.1) is 17.0 Å². The van der Waals surface area contributed by atoms with Crippen molar-refractivity contribution in [3.05, 3.63) is 30.1 Å². The van der Waals surface area contributed by atoms with Gasteiger partial charge in [-0.05, 0) is 18.2 Å². The van der Waals surface area contributed by atoms with E-state index in [1.54, 1.807) is 0 Å². The van der Waals surface area contributed by atoms with Crippen LogP contribution in [0.4, 0.5) is 4.39 Å². The lowest BCUT2D eigenvalue weighted by molar-refractivity contribution is -0.134. The monoisotopic (exact) mass is 300 g/mol. The Balaban J connectivity index is 1.85. The fourth-order valence-electron chi connectivity index (χ4n) is 2.45. The van der Waals surface area contributed by atoms with Crippen LogP contribution in [0.1, 0.15) is 0 Å². The summed E-state index contributed by atoms with van der Waals surface area (Å²) in [6.07, 6.45) is -0.351. The zero-order valence-corrected chi connectivity index (χ0v) is 11.3. The van der Waals surface area contributed by atoms with Gasteiger partial charge < -0.3 is 10.1 Å². The number of nitrogens with one attached hydrogen (secondary N) is 1. The van der Waals surface area contributed by atoms with E-state index < -0.39 is 15.8 Å². The van der Waals surface area contributed by atoms with Gasteiger partial charge in [0.1, 0.15) is 12.4 Å². The van der Waals surface area contributed by atoms with Crippen molar-refractivity contribution in [1.29, 1.82) is 0 Å². The largest absolute Gasteiger partial charge is 0.365 e. The maximum Gasteiger partial charge on any atom is 0.246 e. The molecule has 1 N–H and O–H groups in total. The molecule has 20 heavy (non-hydrogen) atoms. The molecular weight excluding hydrogens is 287 g/mol. The average Bonchev–Trinajstić information content (AvgIpc) is 2.82. The lowest BCUT2D eigenvalue weighted by atomic mass is 10.2. The molecule has 6 nitrogen and oxygen atoms in total. The van der Waals surface area contributed by atoms with E-state index in [-0.39, 0.29) is 42.6 Å². The van der Waals surface area contributed by atoms with Gasteiger partial charge in [-0.2, -0.15) is 4.31 Å². The molecule has 0 radical (unpaired) electrons. The molecule has 1 aromatic carbocycles. The van der Waals surface area contributed by atoms with Crippen molar-refractivity contribution in [2.75, 3.05) is 19.7 Å². The number of nitrogens with zero attached hydrogens (tertiary/aromatic N) is 1. The molecule has 0 aromatic heterocycles. The smallest absolute Gasteiger partial charge is 0.246 e. The minimum Gasteiger partial charge on any atom is -0.365 e. The lowest BCUT2D eigenvalue weighted by Crippen LogP contribution is -2.50. The molecule has 8 heteroatoms. The highest BCUT2D eigenvalue weighted by Crippen LogP contribution is 2.24. The molecule has 2 fully saturated rings. The van der Waals surface area contributed by atoms with Gasteiger partial charge in [0.15, 0.2) is 0 Å². The summed E-state index contributed by atoms with van der Waals surface area (Å²) in [6, 6.07) is 4.52. The highest BCUT2D eigenvalue weighted by Gasteiger charge is 2.43. The zero-order valence-electron chi connectivity index (χ0n) is 10.5. The summed E-state index contributed by atoms with van der Waals surface area (Å²) in [6.45, 7) is 0.230. The summed E-state index contributed by atoms with van der Waals surface area (Å²) >= 11 is 0. The Labute approximate surface area is 115 Å². The van der Waals surface area contributed by atoms with E-state index in [1.807, 2.05) is 0 Å². The van der Waals surface area contributed by atoms with E-state index in [0.717, 1.165) is 6.07 Å². The number of carbonyl (C=O) groups is 1. The van der Waals surface area contributed by atoms with Gasteiger partial charge in [-0.3, -0.25) is 4.79 Å². The van der Waals surface area contributed by atoms with Crippen LogP contribution in [0.15, 0.2) is 29.2 Å². The summed E-state index contributed by atoms with van der Waals surface area (Å²) in [5.41, 5.74) is 0. The van der Waals surface area contributed by atoms with Gasteiger partial charge in [0.25, 0.3) is 0 Å². The molecule has 2 aliphatic heterocycles. The normalized spacial score (nSPS) is 27.1. The number of fused-ring (bicyclic) bond motifs is 1. The Bertz CT molecular complexity index is 649. The van der Waals surface area contributed by atoms with E-state index in [4.69, 9.17) is 4.74 Å². The second kappa shape index (κ2) is 4.80. The number of morpholine rings is 1. The standard InChI is InChI=1S/C12H13FN2O4S/c13-8-2-1-3-9(4-8)20(17,18)15-5-10-11(6-15)19-7-12(16)14-10/h1-4,10-11H,5-7H2,(H,14,16)/t10-,11+/m1/s1. The number of sulfonamides is 1. The summed E-state index contributed by atoms with van der Waals surface area (Å²) in [7, 11) is -3.77. The maximum absolute atomic E-state index is 13.2. The van der Waals surface area contributed by atoms with E-state index >= 15 is 0 Å². The number of halogens is 1. The molecule has 2 saturated heterocycles. The average molecular weight is 300 g/mol. The second-order valence-corrected chi connectivity index (χ2v) is 6.74. The van der Waals surface area contributed by atoms with Crippen molar-refractivity contribution in [3.63, 3.8) is 0 Å². The molecule has 2 atom stereocenters. The molecule has 108 valence electrons. The first-order valence-electron chi connectivity index (χ1n) is 6.13. The summed E-state index contributed by atoms with van der Waals surface area (Å²) in [5, 5.41) is 2.70. The Kier molecular flexibility index (Phi) is 3.23. The number of hydrogen-bond donors (Lipinski definition) is 1. The maximum atomic E-state index is 13.2. The molecule has 2 heterocycles. The minimum atomic E-state index is -3.77. The van der Waals surface area contributed by atoms with Crippen LogP contribution in [-0.4, -0.2) is 50.5 Å². The predicted octanol–water partition coefficient (Wildman–Crippen LogP) is -0.286. The number of amides is 1. The number of hydrogen-bond acceptors (Lipinski definition) is 4. The second-order valence-electron chi connectivity index (χ2n) is 4.80. The fraction of sp³-hybridized carbons (Fsp3) is 0.417. The summed E-state index contributed by atoms with van der Waals surface area (Å²) in [4.78, 5) is 11.1. The van der Waals surface area contributed by atoms with Crippen LogP contribution in [-0.2, 0) is 19.6 Å². The van der Waals surface area contributed by atoms with Crippen LogP contribution in [0.3, 0.4) is 0 Å². The molecule has 0 aliphatic carbocycles. The molecule has 1 aromatic rings. The third-order valence-electron chi connectivity index (χ3n) is 3.44. The van der Waals surface area contributed by atoms with Gasteiger partial charge in [0.2, 0.25) is 15.9 Å². The van der Waals surface area contributed by atoms with Crippen LogP contribution in [0.25, 0.3) is 0 Å². The Morgan fingerprint density at radius 2 is 2.15 bits per heavy atom. The van der Waals surface area contributed by atoms with Gasteiger partial charge in [-0.25, -0.2) is 12.8 Å². The number of benzene rings is 1. The van der Waals surface area contributed by atoms with E-state index in [2.05, 4.69) is 5.32 Å². The molecule has 3 rings (SSSR count). The third kappa shape index (κ3) is 2.30. The van der Waals surface area contributed by atoms with Crippen molar-refractivity contribution in [2.45, 2.75) is 17.0 Å².